The number of nitro benzene ring substituents is 1. The van der Waals surface area contributed by atoms with E-state index < -0.39 is 10.8 Å². The van der Waals surface area contributed by atoms with Gasteiger partial charge in [0.1, 0.15) is 5.69 Å². The fourth-order valence-electron chi connectivity index (χ4n) is 3.77. The van der Waals surface area contributed by atoms with Gasteiger partial charge in [-0.2, -0.15) is 0 Å². The van der Waals surface area contributed by atoms with Crippen LogP contribution in [0.25, 0.3) is 0 Å². The van der Waals surface area contributed by atoms with Gasteiger partial charge in [0.2, 0.25) is 5.91 Å². The predicted molar refractivity (Wildman–Crippen MR) is 121 cm³/mol. The Labute approximate surface area is 182 Å². The maximum absolute atomic E-state index is 12.8. The van der Waals surface area contributed by atoms with E-state index in [2.05, 4.69) is 5.32 Å². The number of amides is 2. The first-order valence-electron chi connectivity index (χ1n) is 10.4. The van der Waals surface area contributed by atoms with E-state index in [1.165, 1.54) is 18.0 Å². The quantitative estimate of drug-likeness (QED) is 0.560. The highest BCUT2D eigenvalue weighted by Crippen LogP contribution is 2.31. The van der Waals surface area contributed by atoms with Crippen LogP contribution >= 0.6 is 0 Å². The summed E-state index contributed by atoms with van der Waals surface area (Å²) in [7, 11) is 1.51. The molecule has 2 amide bonds. The van der Waals surface area contributed by atoms with Gasteiger partial charge in [0, 0.05) is 37.5 Å². The number of carbonyl (C=O) groups is 2. The van der Waals surface area contributed by atoms with Gasteiger partial charge < -0.3 is 15.1 Å². The number of carbonyl (C=O) groups excluding carboxylic acids is 2. The molecule has 1 fully saturated rings. The normalized spacial score (nSPS) is 13.6. The van der Waals surface area contributed by atoms with E-state index in [1.807, 2.05) is 36.9 Å². The van der Waals surface area contributed by atoms with E-state index in [0.717, 1.165) is 43.5 Å². The van der Waals surface area contributed by atoms with Crippen molar-refractivity contribution in [1.29, 1.82) is 0 Å². The summed E-state index contributed by atoms with van der Waals surface area (Å²) in [6.07, 6.45) is 3.11. The number of hydrogen-bond donors (Lipinski definition) is 1. The van der Waals surface area contributed by atoms with Gasteiger partial charge in [-0.25, -0.2) is 0 Å². The highest BCUT2D eigenvalue weighted by Gasteiger charge is 2.24. The number of nitro groups is 1. The highest BCUT2D eigenvalue weighted by molar-refractivity contribution is 6.00. The fourth-order valence-corrected chi connectivity index (χ4v) is 3.77. The molecule has 1 N–H and O–H groups in total. The zero-order chi connectivity index (χ0) is 22.5. The van der Waals surface area contributed by atoms with Crippen molar-refractivity contribution in [2.75, 3.05) is 36.9 Å². The Balaban J connectivity index is 1.72. The lowest BCUT2D eigenvalue weighted by Gasteiger charge is -2.28. The highest BCUT2D eigenvalue weighted by atomic mass is 16.6. The molecule has 0 unspecified atom stereocenters. The number of likely N-dealkylation sites (N-methyl/N-ethyl adjacent to an activating group) is 1. The number of rotatable bonds is 6. The van der Waals surface area contributed by atoms with Crippen LogP contribution in [0, 0.1) is 24.0 Å². The Morgan fingerprint density at radius 2 is 1.81 bits per heavy atom. The molecule has 1 aliphatic heterocycles. The van der Waals surface area contributed by atoms with Crippen molar-refractivity contribution in [2.24, 2.45) is 0 Å². The maximum Gasteiger partial charge on any atom is 0.293 e. The molecule has 1 saturated heterocycles. The minimum atomic E-state index is -0.450. The average Bonchev–Trinajstić information content (AvgIpc) is 2.75. The third kappa shape index (κ3) is 5.39. The number of piperidine rings is 1. The van der Waals surface area contributed by atoms with Gasteiger partial charge in [-0.05, 0) is 62.4 Å². The molecule has 0 atom stereocenters. The van der Waals surface area contributed by atoms with Crippen LogP contribution in [-0.2, 0) is 4.79 Å². The molecule has 164 valence electrons. The molecule has 0 radical (unpaired) electrons. The van der Waals surface area contributed by atoms with Crippen LogP contribution in [0.3, 0.4) is 0 Å². The Kier molecular flexibility index (Phi) is 6.89. The van der Waals surface area contributed by atoms with Crippen molar-refractivity contribution in [3.63, 3.8) is 0 Å². The molecule has 0 aromatic heterocycles. The molecule has 1 aliphatic rings. The molecular formula is C23H28N4O4. The number of benzene rings is 2. The molecule has 3 rings (SSSR count). The third-order valence-electron chi connectivity index (χ3n) is 5.51. The van der Waals surface area contributed by atoms with E-state index in [4.69, 9.17) is 0 Å². The molecule has 0 bridgehead atoms. The van der Waals surface area contributed by atoms with Gasteiger partial charge in [0.15, 0.2) is 0 Å². The van der Waals surface area contributed by atoms with Gasteiger partial charge >= 0.3 is 0 Å². The Morgan fingerprint density at radius 1 is 1.10 bits per heavy atom. The summed E-state index contributed by atoms with van der Waals surface area (Å²) in [4.78, 5) is 39.7. The van der Waals surface area contributed by atoms with Crippen LogP contribution in [0.1, 0.15) is 40.7 Å². The smallest absolute Gasteiger partial charge is 0.293 e. The van der Waals surface area contributed by atoms with E-state index in [0.29, 0.717) is 11.4 Å². The summed E-state index contributed by atoms with van der Waals surface area (Å²) in [5.74, 6) is -0.770. The molecule has 1 heterocycles. The van der Waals surface area contributed by atoms with Crippen molar-refractivity contribution >= 4 is 28.9 Å². The zero-order valence-electron chi connectivity index (χ0n) is 18.2. The van der Waals surface area contributed by atoms with Crippen molar-refractivity contribution in [2.45, 2.75) is 33.1 Å². The Bertz CT molecular complexity index is 999. The molecule has 2 aromatic rings. The average molecular weight is 425 g/mol. The topological polar surface area (TPSA) is 95.8 Å². The van der Waals surface area contributed by atoms with Crippen LogP contribution in [-0.4, -0.2) is 48.3 Å². The molecule has 2 aromatic carbocycles. The number of aryl methyl sites for hydroxylation is 2. The van der Waals surface area contributed by atoms with Crippen LogP contribution in [0.15, 0.2) is 36.4 Å². The molecule has 8 nitrogen and oxygen atoms in total. The van der Waals surface area contributed by atoms with Crippen LogP contribution < -0.4 is 10.2 Å². The second-order valence-corrected chi connectivity index (χ2v) is 8.04. The monoisotopic (exact) mass is 424 g/mol. The van der Waals surface area contributed by atoms with E-state index in [-0.39, 0.29) is 23.7 Å². The summed E-state index contributed by atoms with van der Waals surface area (Å²) in [6.45, 7) is 5.21. The lowest BCUT2D eigenvalue weighted by atomic mass is 10.1. The SMILES string of the molecule is Cc1ccc(C)c(NC(=O)CN(C)C(=O)c2ccc(N3CCCCC3)c([N+](=O)[O-])c2)c1. The van der Waals surface area contributed by atoms with Crippen LogP contribution in [0.2, 0.25) is 0 Å². The first-order valence-corrected chi connectivity index (χ1v) is 10.4. The molecule has 31 heavy (non-hydrogen) atoms. The van der Waals surface area contributed by atoms with E-state index in [1.54, 1.807) is 12.1 Å². The largest absolute Gasteiger partial charge is 0.366 e. The summed E-state index contributed by atoms with van der Waals surface area (Å²) in [5.41, 5.74) is 3.29. The predicted octanol–water partition coefficient (Wildman–Crippen LogP) is 3.91. The van der Waals surface area contributed by atoms with E-state index >= 15 is 0 Å². The lowest BCUT2D eigenvalue weighted by molar-refractivity contribution is -0.384. The first-order chi connectivity index (χ1) is 14.8. The van der Waals surface area contributed by atoms with Crippen molar-refractivity contribution in [1.82, 2.24) is 4.90 Å². The van der Waals surface area contributed by atoms with Gasteiger partial charge in [-0.1, -0.05) is 12.1 Å². The van der Waals surface area contributed by atoms with Crippen molar-refractivity contribution in [3.8, 4) is 0 Å². The third-order valence-corrected chi connectivity index (χ3v) is 5.51. The summed E-state index contributed by atoms with van der Waals surface area (Å²) >= 11 is 0. The van der Waals surface area contributed by atoms with Crippen LogP contribution in [0.4, 0.5) is 17.1 Å². The Morgan fingerprint density at radius 3 is 2.48 bits per heavy atom. The lowest BCUT2D eigenvalue weighted by Crippen LogP contribution is -2.35. The summed E-state index contributed by atoms with van der Waals surface area (Å²) in [5, 5.41) is 14.5. The van der Waals surface area contributed by atoms with Gasteiger partial charge in [-0.15, -0.1) is 0 Å². The molecular weight excluding hydrogens is 396 g/mol. The maximum atomic E-state index is 12.8. The minimum Gasteiger partial charge on any atom is -0.366 e. The molecule has 0 saturated carbocycles. The number of hydrogen-bond acceptors (Lipinski definition) is 5. The van der Waals surface area contributed by atoms with Gasteiger partial charge in [-0.3, -0.25) is 19.7 Å². The van der Waals surface area contributed by atoms with Crippen molar-refractivity contribution in [3.05, 3.63) is 63.2 Å². The number of anilines is 2. The van der Waals surface area contributed by atoms with Crippen LogP contribution in [0.5, 0.6) is 0 Å². The van der Waals surface area contributed by atoms with Gasteiger partial charge in [0.05, 0.1) is 11.5 Å². The van der Waals surface area contributed by atoms with Gasteiger partial charge in [0.25, 0.3) is 11.6 Å². The summed E-state index contributed by atoms with van der Waals surface area (Å²) < 4.78 is 0. The van der Waals surface area contributed by atoms with E-state index in [9.17, 15) is 19.7 Å². The second-order valence-electron chi connectivity index (χ2n) is 8.04. The zero-order valence-corrected chi connectivity index (χ0v) is 18.2. The first kappa shape index (κ1) is 22.3. The van der Waals surface area contributed by atoms with Crippen molar-refractivity contribution < 1.29 is 14.5 Å². The number of nitrogens with one attached hydrogen (secondary N) is 1. The Hall–Kier alpha value is -3.42. The fraction of sp³-hybridized carbons (Fsp3) is 0.391. The molecule has 0 spiro atoms. The summed E-state index contributed by atoms with van der Waals surface area (Å²) in [6, 6.07) is 10.3. The molecule has 8 heteroatoms. The standard InChI is InChI=1S/C23H28N4O4/c1-16-7-8-17(2)19(13-16)24-22(28)15-25(3)23(29)18-9-10-20(21(14-18)27(30)31)26-11-5-4-6-12-26/h7-10,13-14H,4-6,11-12,15H2,1-3H3,(H,24,28). The second kappa shape index (κ2) is 9.59. The number of nitrogens with zero attached hydrogens (tertiary/aromatic N) is 3. The minimum absolute atomic E-state index is 0.0824. The molecule has 0 aliphatic carbocycles.